The molecule has 9 nitrogen and oxygen atoms in total. The number of carbonyl (C=O) groups excluding carboxylic acids is 1. The maximum absolute atomic E-state index is 14.5. The first kappa shape index (κ1) is 30.7. The molecule has 1 aliphatic heterocycles. The first-order chi connectivity index (χ1) is 22.3. The van der Waals surface area contributed by atoms with E-state index in [-0.39, 0.29) is 11.5 Å². The minimum absolute atomic E-state index is 0.264. The van der Waals surface area contributed by atoms with Crippen molar-refractivity contribution < 1.29 is 19.0 Å². The molecule has 1 N–H and O–H groups in total. The molecule has 46 heavy (non-hydrogen) atoms. The van der Waals surface area contributed by atoms with Gasteiger partial charge in [-0.15, -0.1) is 6.58 Å². The van der Waals surface area contributed by atoms with Crippen LogP contribution in [0.15, 0.2) is 100 Å². The molecule has 0 radical (unpaired) electrons. The zero-order valence-electron chi connectivity index (χ0n) is 26.3. The molecule has 0 fully saturated rings. The Morgan fingerprint density at radius 2 is 1.67 bits per heavy atom. The number of para-hydroxylation sites is 2. The Morgan fingerprint density at radius 3 is 2.33 bits per heavy atom. The molecule has 1 amide bonds. The molecular formula is C36H34N4O5S. The Bertz CT molecular complexity index is 2180. The Kier molecular flexibility index (Phi) is 8.38. The van der Waals surface area contributed by atoms with Gasteiger partial charge in [0.15, 0.2) is 16.3 Å². The summed E-state index contributed by atoms with van der Waals surface area (Å²) in [5.74, 6) is 0.844. The van der Waals surface area contributed by atoms with Crippen LogP contribution in [0.3, 0.4) is 0 Å². The minimum Gasteiger partial charge on any atom is -0.493 e. The van der Waals surface area contributed by atoms with Crippen molar-refractivity contribution in [1.82, 2.24) is 9.13 Å². The summed E-state index contributed by atoms with van der Waals surface area (Å²) in [6.45, 7) is 8.40. The molecule has 6 rings (SSSR count). The third-order valence-corrected chi connectivity index (χ3v) is 9.15. The number of hydrogen-bond donors (Lipinski definition) is 1. The van der Waals surface area contributed by atoms with Gasteiger partial charge in [0.2, 0.25) is 5.75 Å². The van der Waals surface area contributed by atoms with Gasteiger partial charge >= 0.3 is 0 Å². The predicted molar refractivity (Wildman–Crippen MR) is 182 cm³/mol. The van der Waals surface area contributed by atoms with E-state index in [0.29, 0.717) is 55.6 Å². The number of allylic oxidation sites excluding steroid dienone is 2. The summed E-state index contributed by atoms with van der Waals surface area (Å²) in [7, 11) is 4.59. The first-order valence-electron chi connectivity index (χ1n) is 14.7. The maximum Gasteiger partial charge on any atom is 0.271 e. The lowest BCUT2D eigenvalue weighted by Gasteiger charge is -2.26. The van der Waals surface area contributed by atoms with Gasteiger partial charge in [-0.25, -0.2) is 4.99 Å². The fourth-order valence-corrected chi connectivity index (χ4v) is 7.07. The van der Waals surface area contributed by atoms with Crippen LogP contribution in [0.4, 0.5) is 5.69 Å². The standard InChI is InChI=1S/C36H34N4O5S/c1-7-17-39-22(3)26(25-15-11-12-16-27(25)39)20-30-35(42)40-32(23-18-28(43-4)33(45-6)29(19-23)44-5)31(21(2)37-36(40)46-30)34(41)38-24-13-9-8-10-14-24/h7-16,18-20,32H,1,17H2,2-6H3,(H,38,41)/b30-20-/t32-/m1/s1. The molecule has 5 aromatic rings. The number of aromatic nitrogens is 2. The zero-order chi connectivity index (χ0) is 32.5. The second-order valence-corrected chi connectivity index (χ2v) is 11.8. The van der Waals surface area contributed by atoms with Crippen LogP contribution >= 0.6 is 11.3 Å². The highest BCUT2D eigenvalue weighted by Gasteiger charge is 2.34. The fourth-order valence-electron chi connectivity index (χ4n) is 6.04. The van der Waals surface area contributed by atoms with E-state index in [9.17, 15) is 9.59 Å². The number of ether oxygens (including phenoxy) is 3. The number of benzene rings is 3. The van der Waals surface area contributed by atoms with Crippen LogP contribution in [-0.4, -0.2) is 36.4 Å². The minimum atomic E-state index is -0.834. The lowest BCUT2D eigenvalue weighted by molar-refractivity contribution is -0.113. The molecule has 0 aliphatic carbocycles. The number of methoxy groups -OCH3 is 3. The molecule has 10 heteroatoms. The van der Waals surface area contributed by atoms with Gasteiger partial charge in [-0.3, -0.25) is 14.2 Å². The molecule has 2 aromatic heterocycles. The lowest BCUT2D eigenvalue weighted by Crippen LogP contribution is -2.40. The number of fused-ring (bicyclic) bond motifs is 2. The van der Waals surface area contributed by atoms with Crippen molar-refractivity contribution in [3.63, 3.8) is 0 Å². The van der Waals surface area contributed by atoms with Crippen LogP contribution < -0.4 is 34.4 Å². The molecular weight excluding hydrogens is 600 g/mol. The van der Waals surface area contributed by atoms with E-state index < -0.39 is 6.04 Å². The summed E-state index contributed by atoms with van der Waals surface area (Å²) >= 11 is 1.29. The van der Waals surface area contributed by atoms with Gasteiger partial charge in [0.05, 0.1) is 43.2 Å². The Hall–Kier alpha value is -5.35. The van der Waals surface area contributed by atoms with Gasteiger partial charge in [0, 0.05) is 34.4 Å². The Labute approximate surface area is 270 Å². The molecule has 0 bridgehead atoms. The summed E-state index contributed by atoms with van der Waals surface area (Å²) < 4.78 is 21.2. The highest BCUT2D eigenvalue weighted by atomic mass is 32.1. The van der Waals surface area contributed by atoms with Crippen LogP contribution in [-0.2, 0) is 11.3 Å². The molecule has 1 atom stereocenters. The maximum atomic E-state index is 14.5. The van der Waals surface area contributed by atoms with E-state index in [1.165, 1.54) is 32.7 Å². The lowest BCUT2D eigenvalue weighted by atomic mass is 9.94. The van der Waals surface area contributed by atoms with Gasteiger partial charge < -0.3 is 24.1 Å². The quantitative estimate of drug-likeness (QED) is 0.221. The monoisotopic (exact) mass is 634 g/mol. The Morgan fingerprint density at radius 1 is 1.00 bits per heavy atom. The van der Waals surface area contributed by atoms with Crippen molar-refractivity contribution in [2.24, 2.45) is 4.99 Å². The van der Waals surface area contributed by atoms with Gasteiger partial charge in [0.25, 0.3) is 11.5 Å². The van der Waals surface area contributed by atoms with E-state index in [1.807, 2.05) is 61.5 Å². The topological polar surface area (TPSA) is 96.1 Å². The summed E-state index contributed by atoms with van der Waals surface area (Å²) in [6.07, 6.45) is 3.79. The van der Waals surface area contributed by atoms with Crippen molar-refractivity contribution in [1.29, 1.82) is 0 Å². The number of hydrogen-bond acceptors (Lipinski definition) is 7. The van der Waals surface area contributed by atoms with Gasteiger partial charge in [-0.05, 0) is 55.8 Å². The number of nitrogens with one attached hydrogen (secondary N) is 1. The third kappa shape index (κ3) is 5.20. The Balaban J connectivity index is 1.60. The van der Waals surface area contributed by atoms with Crippen molar-refractivity contribution >= 4 is 39.9 Å². The highest BCUT2D eigenvalue weighted by Crippen LogP contribution is 2.42. The molecule has 0 saturated heterocycles. The molecule has 0 unspecified atom stereocenters. The van der Waals surface area contributed by atoms with Crippen LogP contribution in [0.25, 0.3) is 17.0 Å². The normalized spacial score (nSPS) is 14.5. The number of amides is 1. The SMILES string of the molecule is C=CCn1c(C)c(/C=c2\sc3n(c2=O)[C@H](c2cc(OC)c(OC)c(OC)c2)C(C(=O)Nc2ccccc2)=C(C)N=3)c2ccccc21. The first-order valence-corrected chi connectivity index (χ1v) is 15.5. The summed E-state index contributed by atoms with van der Waals surface area (Å²) in [5, 5.41) is 4.02. The number of carbonyl (C=O) groups is 1. The average Bonchev–Trinajstić information content (AvgIpc) is 3.52. The van der Waals surface area contributed by atoms with Crippen LogP contribution in [0.5, 0.6) is 17.2 Å². The molecule has 1 aliphatic rings. The smallest absolute Gasteiger partial charge is 0.271 e. The van der Waals surface area contributed by atoms with E-state index in [2.05, 4.69) is 28.6 Å². The molecule has 0 saturated carbocycles. The summed E-state index contributed by atoms with van der Waals surface area (Å²) in [5.41, 5.74) is 4.82. The van der Waals surface area contributed by atoms with Crippen LogP contribution in [0, 0.1) is 6.92 Å². The van der Waals surface area contributed by atoms with Crippen molar-refractivity contribution in [3.05, 3.63) is 127 Å². The van der Waals surface area contributed by atoms with Gasteiger partial charge in [0.1, 0.15) is 0 Å². The summed E-state index contributed by atoms with van der Waals surface area (Å²) in [6, 6.07) is 20.0. The fraction of sp³-hybridized carbons (Fsp3) is 0.194. The number of rotatable bonds is 9. The third-order valence-electron chi connectivity index (χ3n) is 8.17. The molecule has 3 heterocycles. The molecule has 234 valence electrons. The van der Waals surface area contributed by atoms with E-state index in [1.54, 1.807) is 23.6 Å². The van der Waals surface area contributed by atoms with Gasteiger partial charge in [-0.2, -0.15) is 0 Å². The van der Waals surface area contributed by atoms with Crippen LogP contribution in [0.2, 0.25) is 0 Å². The van der Waals surface area contributed by atoms with Crippen molar-refractivity contribution in [3.8, 4) is 17.2 Å². The number of nitrogens with zero attached hydrogens (tertiary/aromatic N) is 3. The second kappa shape index (κ2) is 12.6. The summed E-state index contributed by atoms with van der Waals surface area (Å²) in [4.78, 5) is 33.8. The number of thiazole rings is 1. The van der Waals surface area contributed by atoms with Crippen molar-refractivity contribution in [2.75, 3.05) is 26.6 Å². The van der Waals surface area contributed by atoms with E-state index in [0.717, 1.165) is 22.2 Å². The van der Waals surface area contributed by atoms with E-state index in [4.69, 9.17) is 19.2 Å². The largest absolute Gasteiger partial charge is 0.493 e. The highest BCUT2D eigenvalue weighted by molar-refractivity contribution is 7.07. The average molecular weight is 635 g/mol. The zero-order valence-corrected chi connectivity index (χ0v) is 27.1. The van der Waals surface area contributed by atoms with E-state index >= 15 is 0 Å². The van der Waals surface area contributed by atoms with Gasteiger partial charge in [-0.1, -0.05) is 53.8 Å². The number of anilines is 1. The molecule has 0 spiro atoms. The molecule has 3 aromatic carbocycles. The predicted octanol–water partition coefficient (Wildman–Crippen LogP) is 5.35. The second-order valence-electron chi connectivity index (χ2n) is 10.8. The van der Waals surface area contributed by atoms with Crippen molar-refractivity contribution in [2.45, 2.75) is 26.4 Å². The van der Waals surface area contributed by atoms with Crippen LogP contribution in [0.1, 0.15) is 29.8 Å².